The number of hydrogen-bond acceptors (Lipinski definition) is 9. The van der Waals surface area contributed by atoms with Gasteiger partial charge in [-0.05, 0) is 56.0 Å². The van der Waals surface area contributed by atoms with Crippen molar-refractivity contribution in [1.29, 1.82) is 0 Å². The van der Waals surface area contributed by atoms with Crippen molar-refractivity contribution in [3.05, 3.63) is 35.2 Å². The summed E-state index contributed by atoms with van der Waals surface area (Å²) < 4.78 is 32.4. The van der Waals surface area contributed by atoms with E-state index in [-0.39, 0.29) is 6.03 Å². The molecule has 41 heavy (non-hydrogen) atoms. The minimum atomic E-state index is -3.16. The van der Waals surface area contributed by atoms with Crippen molar-refractivity contribution >= 4 is 49.1 Å². The molecule has 3 aliphatic heterocycles. The van der Waals surface area contributed by atoms with Crippen molar-refractivity contribution in [3.8, 4) is 11.4 Å². The second kappa shape index (κ2) is 10.8. The van der Waals surface area contributed by atoms with Gasteiger partial charge in [0.05, 0.1) is 41.8 Å². The quantitative estimate of drug-likeness (QED) is 0.427. The Kier molecular flexibility index (Phi) is 7.10. The van der Waals surface area contributed by atoms with Crippen LogP contribution in [0.15, 0.2) is 30.3 Å². The molecule has 0 spiro atoms. The van der Waals surface area contributed by atoms with Crippen molar-refractivity contribution in [2.24, 2.45) is 0 Å². The van der Waals surface area contributed by atoms with Gasteiger partial charge in [0.15, 0.2) is 11.6 Å². The van der Waals surface area contributed by atoms with Crippen LogP contribution in [0.5, 0.6) is 0 Å². The van der Waals surface area contributed by atoms with E-state index in [9.17, 15) is 13.2 Å². The van der Waals surface area contributed by atoms with Crippen LogP contribution < -0.4 is 15.5 Å². The first-order chi connectivity index (χ1) is 19.8. The number of anilines is 2. The summed E-state index contributed by atoms with van der Waals surface area (Å²) in [6, 6.07) is 10.6. The lowest BCUT2D eigenvalue weighted by molar-refractivity contribution is 0.0904. The van der Waals surface area contributed by atoms with Crippen LogP contribution >= 0.6 is 11.3 Å². The molecule has 2 unspecified atom stereocenters. The number of nitrogens with one attached hydrogen (secondary N) is 2. The van der Waals surface area contributed by atoms with Crippen molar-refractivity contribution in [2.45, 2.75) is 50.4 Å². The van der Waals surface area contributed by atoms with Gasteiger partial charge < -0.3 is 20.3 Å². The fourth-order valence-electron chi connectivity index (χ4n) is 6.04. The molecule has 1 aromatic carbocycles. The minimum absolute atomic E-state index is 0.175. The van der Waals surface area contributed by atoms with Gasteiger partial charge in [-0.2, -0.15) is 4.31 Å². The first kappa shape index (κ1) is 27.0. The standard InChI is InChI=1S/C28H35N7O4S2/c1-41(37,38)34-12-10-33(11-13-34)15-23-14-24-25(40-23)27(35-21-8-9-22(35)17-39-16-21)32-26(31-24)18-2-4-19(5-3-18)29-28(36)30-20-6-7-20/h2-5,14,20-22H,6-13,15-17H2,1H3,(H2,29,30,36). The monoisotopic (exact) mass is 597 g/mol. The van der Waals surface area contributed by atoms with Gasteiger partial charge in [-0.15, -0.1) is 11.3 Å². The molecule has 11 nitrogen and oxygen atoms in total. The third-order valence-corrected chi connectivity index (χ3v) is 10.8. The highest BCUT2D eigenvalue weighted by Gasteiger charge is 2.39. The first-order valence-corrected chi connectivity index (χ1v) is 17.0. The number of hydrogen-bond donors (Lipinski definition) is 2. The summed E-state index contributed by atoms with van der Waals surface area (Å²) in [6.07, 6.45) is 5.56. The maximum atomic E-state index is 12.2. The fraction of sp³-hybridized carbons (Fsp3) is 0.536. The highest BCUT2D eigenvalue weighted by Crippen LogP contribution is 2.41. The molecule has 2 N–H and O–H groups in total. The number of urea groups is 1. The highest BCUT2D eigenvalue weighted by molar-refractivity contribution is 7.88. The van der Waals surface area contributed by atoms with E-state index < -0.39 is 10.0 Å². The molecule has 0 radical (unpaired) electrons. The van der Waals surface area contributed by atoms with Gasteiger partial charge in [-0.3, -0.25) is 4.90 Å². The summed E-state index contributed by atoms with van der Waals surface area (Å²) in [4.78, 5) is 28.3. The Labute approximate surface area is 243 Å². The number of thiophene rings is 1. The number of piperazine rings is 1. The molecule has 2 atom stereocenters. The highest BCUT2D eigenvalue weighted by atomic mass is 32.2. The van der Waals surface area contributed by atoms with Crippen LogP contribution in [0.25, 0.3) is 21.6 Å². The maximum absolute atomic E-state index is 12.2. The molecule has 3 aromatic rings. The Morgan fingerprint density at radius 3 is 2.39 bits per heavy atom. The third kappa shape index (κ3) is 5.78. The van der Waals surface area contributed by atoms with Gasteiger partial charge in [0.2, 0.25) is 10.0 Å². The van der Waals surface area contributed by atoms with E-state index >= 15 is 0 Å². The van der Waals surface area contributed by atoms with Gasteiger partial charge >= 0.3 is 6.03 Å². The second-order valence-corrected chi connectivity index (χ2v) is 14.6. The maximum Gasteiger partial charge on any atom is 0.319 e. The zero-order valence-corrected chi connectivity index (χ0v) is 24.7. The number of amides is 2. The number of nitrogens with zero attached hydrogens (tertiary/aromatic N) is 5. The summed E-state index contributed by atoms with van der Waals surface area (Å²) >= 11 is 1.74. The Hall–Kier alpha value is -2.84. The molecule has 5 heterocycles. The van der Waals surface area contributed by atoms with Crippen LogP contribution in [0.4, 0.5) is 16.3 Å². The molecule has 3 saturated heterocycles. The summed E-state index contributed by atoms with van der Waals surface area (Å²) in [7, 11) is -3.16. The van der Waals surface area contributed by atoms with Gasteiger partial charge in [-0.25, -0.2) is 23.2 Å². The van der Waals surface area contributed by atoms with Gasteiger partial charge in [0.25, 0.3) is 0 Å². The van der Waals surface area contributed by atoms with Crippen LogP contribution in [0.1, 0.15) is 30.6 Å². The topological polar surface area (TPSA) is 120 Å². The average Bonchev–Trinajstić information content (AvgIpc) is 3.61. The number of rotatable bonds is 7. The second-order valence-electron chi connectivity index (χ2n) is 11.5. The Balaban J connectivity index is 1.17. The lowest BCUT2D eigenvalue weighted by Crippen LogP contribution is -2.47. The zero-order chi connectivity index (χ0) is 28.1. The Morgan fingerprint density at radius 1 is 1.02 bits per heavy atom. The van der Waals surface area contributed by atoms with Crippen molar-refractivity contribution in [2.75, 3.05) is 55.9 Å². The van der Waals surface area contributed by atoms with E-state index in [1.807, 2.05) is 24.3 Å². The molecule has 2 aromatic heterocycles. The van der Waals surface area contributed by atoms with Crippen LogP contribution in [-0.2, 0) is 21.3 Å². The summed E-state index contributed by atoms with van der Waals surface area (Å²) in [5.41, 5.74) is 2.55. The SMILES string of the molecule is CS(=O)(=O)N1CCN(Cc2cc3nc(-c4ccc(NC(=O)NC5CC5)cc4)nc(N4C5CCC4COC5)c3s2)CC1. The number of sulfonamides is 1. The predicted molar refractivity (Wildman–Crippen MR) is 160 cm³/mol. The van der Waals surface area contributed by atoms with E-state index in [2.05, 4.69) is 26.5 Å². The average molecular weight is 598 g/mol. The molecule has 13 heteroatoms. The summed E-state index contributed by atoms with van der Waals surface area (Å²) in [5, 5.41) is 5.85. The Morgan fingerprint density at radius 2 is 1.73 bits per heavy atom. The molecule has 2 bridgehead atoms. The molecule has 7 rings (SSSR count). The number of morpholine rings is 1. The largest absolute Gasteiger partial charge is 0.377 e. The lowest BCUT2D eigenvalue weighted by atomic mass is 10.2. The number of aromatic nitrogens is 2. The normalized spacial score (nSPS) is 23.7. The fourth-order valence-corrected chi connectivity index (χ4v) is 8.00. The van der Waals surface area contributed by atoms with Crippen molar-refractivity contribution < 1.29 is 17.9 Å². The summed E-state index contributed by atoms with van der Waals surface area (Å²) in [6.45, 7) is 4.63. The number of carbonyl (C=O) groups is 1. The van der Waals surface area contributed by atoms with E-state index in [1.54, 1.807) is 15.6 Å². The van der Waals surface area contributed by atoms with Crippen LogP contribution in [0.3, 0.4) is 0 Å². The molecular formula is C28H35N7O4S2. The Bertz CT molecular complexity index is 1530. The molecule has 1 aliphatic carbocycles. The third-order valence-electron chi connectivity index (χ3n) is 8.38. The summed E-state index contributed by atoms with van der Waals surface area (Å²) in [5.74, 6) is 1.64. The minimum Gasteiger partial charge on any atom is -0.377 e. The van der Waals surface area contributed by atoms with E-state index in [1.165, 1.54) is 11.1 Å². The molecule has 2 amide bonds. The van der Waals surface area contributed by atoms with Crippen molar-refractivity contribution in [3.63, 3.8) is 0 Å². The van der Waals surface area contributed by atoms with E-state index in [0.29, 0.717) is 63.3 Å². The van der Waals surface area contributed by atoms with E-state index in [0.717, 1.165) is 59.5 Å². The van der Waals surface area contributed by atoms with E-state index in [4.69, 9.17) is 14.7 Å². The zero-order valence-electron chi connectivity index (χ0n) is 23.1. The first-order valence-electron chi connectivity index (χ1n) is 14.3. The van der Waals surface area contributed by atoms with Gasteiger partial charge in [-0.1, -0.05) is 0 Å². The number of fused-ring (bicyclic) bond motifs is 3. The number of ether oxygens (including phenoxy) is 1. The van der Waals surface area contributed by atoms with Gasteiger partial charge in [0.1, 0.15) is 0 Å². The molecular weight excluding hydrogens is 562 g/mol. The number of benzene rings is 1. The number of carbonyl (C=O) groups excluding carboxylic acids is 1. The van der Waals surface area contributed by atoms with Crippen LogP contribution in [0.2, 0.25) is 0 Å². The molecule has 4 aliphatic rings. The molecule has 4 fully saturated rings. The predicted octanol–water partition coefficient (Wildman–Crippen LogP) is 3.09. The smallest absolute Gasteiger partial charge is 0.319 e. The molecule has 1 saturated carbocycles. The van der Waals surface area contributed by atoms with Crippen molar-refractivity contribution in [1.82, 2.24) is 24.5 Å². The lowest BCUT2D eigenvalue weighted by Gasteiger charge is -2.36. The molecule has 218 valence electrons. The van der Waals surface area contributed by atoms with Crippen LogP contribution in [-0.4, -0.2) is 97.4 Å². The van der Waals surface area contributed by atoms with Gasteiger partial charge in [0, 0.05) is 54.9 Å². The van der Waals surface area contributed by atoms with Crippen LogP contribution in [0, 0.1) is 0 Å².